The lowest BCUT2D eigenvalue weighted by Gasteiger charge is -2.08. The van der Waals surface area contributed by atoms with E-state index in [0.29, 0.717) is 28.5 Å². The van der Waals surface area contributed by atoms with Gasteiger partial charge in [-0.25, -0.2) is 9.97 Å². The van der Waals surface area contributed by atoms with Gasteiger partial charge in [0, 0.05) is 11.6 Å². The van der Waals surface area contributed by atoms with Crippen molar-refractivity contribution in [2.75, 3.05) is 0 Å². The van der Waals surface area contributed by atoms with Crippen LogP contribution < -0.4 is 5.32 Å². The topological polar surface area (TPSA) is 54.9 Å². The molecule has 1 N–H and O–H groups in total. The number of benzene rings is 2. The molecule has 22 heavy (non-hydrogen) atoms. The second-order valence-electron chi connectivity index (χ2n) is 4.96. The highest BCUT2D eigenvalue weighted by Gasteiger charge is 2.13. The maximum absolute atomic E-state index is 12.3. The molecule has 3 rings (SSSR count). The van der Waals surface area contributed by atoms with Crippen molar-refractivity contribution < 1.29 is 4.79 Å². The summed E-state index contributed by atoms with van der Waals surface area (Å²) < 4.78 is 0. The van der Waals surface area contributed by atoms with Crippen molar-refractivity contribution in [2.24, 2.45) is 0 Å². The van der Waals surface area contributed by atoms with Crippen LogP contribution in [0.2, 0.25) is 5.02 Å². The predicted molar refractivity (Wildman–Crippen MR) is 86.9 cm³/mol. The third-order valence-corrected chi connectivity index (χ3v) is 3.58. The highest BCUT2D eigenvalue weighted by atomic mass is 35.5. The number of aryl methyl sites for hydroxylation is 1. The summed E-state index contributed by atoms with van der Waals surface area (Å²) in [5.74, 6) is -0.231. The maximum Gasteiger partial charge on any atom is 0.272 e. The van der Waals surface area contributed by atoms with E-state index in [1.807, 2.05) is 36.4 Å². The number of halogens is 1. The average Bonchev–Trinajstić information content (AvgIpc) is 2.53. The van der Waals surface area contributed by atoms with Crippen LogP contribution in [-0.2, 0) is 6.54 Å². The highest BCUT2D eigenvalue weighted by Crippen LogP contribution is 2.13. The molecular weight excluding hydrogens is 298 g/mol. The molecule has 0 saturated carbocycles. The summed E-state index contributed by atoms with van der Waals surface area (Å²) in [6, 6.07) is 14.8. The second-order valence-corrected chi connectivity index (χ2v) is 5.39. The maximum atomic E-state index is 12.3. The molecule has 0 spiro atoms. The first-order valence-electron chi connectivity index (χ1n) is 6.89. The van der Waals surface area contributed by atoms with Crippen molar-refractivity contribution in [3.8, 4) is 0 Å². The number of hydrogen-bond acceptors (Lipinski definition) is 3. The number of amides is 1. The minimum absolute atomic E-state index is 0.231. The molecule has 2 aromatic carbocycles. The lowest BCUT2D eigenvalue weighted by atomic mass is 10.2. The van der Waals surface area contributed by atoms with E-state index >= 15 is 0 Å². The summed E-state index contributed by atoms with van der Waals surface area (Å²) in [7, 11) is 0. The van der Waals surface area contributed by atoms with Crippen LogP contribution in [0, 0.1) is 6.92 Å². The lowest BCUT2D eigenvalue weighted by Crippen LogP contribution is -2.25. The highest BCUT2D eigenvalue weighted by molar-refractivity contribution is 6.30. The van der Waals surface area contributed by atoms with Gasteiger partial charge in [-0.3, -0.25) is 4.79 Å². The second kappa shape index (κ2) is 6.12. The van der Waals surface area contributed by atoms with E-state index in [9.17, 15) is 4.79 Å². The van der Waals surface area contributed by atoms with Crippen LogP contribution >= 0.6 is 11.6 Å². The molecule has 1 amide bonds. The van der Waals surface area contributed by atoms with Crippen LogP contribution in [0.25, 0.3) is 11.0 Å². The van der Waals surface area contributed by atoms with Gasteiger partial charge in [0.05, 0.1) is 16.7 Å². The monoisotopic (exact) mass is 311 g/mol. The van der Waals surface area contributed by atoms with Gasteiger partial charge in [-0.15, -0.1) is 0 Å². The summed E-state index contributed by atoms with van der Waals surface area (Å²) >= 11 is 5.84. The van der Waals surface area contributed by atoms with Crippen LogP contribution in [0.5, 0.6) is 0 Å². The zero-order valence-corrected chi connectivity index (χ0v) is 12.8. The van der Waals surface area contributed by atoms with Crippen molar-refractivity contribution >= 4 is 28.5 Å². The molecule has 1 heterocycles. The first-order chi connectivity index (χ1) is 10.6. The molecule has 4 nitrogen and oxygen atoms in total. The Kier molecular flexibility index (Phi) is 4.02. The Hall–Kier alpha value is -2.46. The van der Waals surface area contributed by atoms with Gasteiger partial charge in [-0.2, -0.15) is 0 Å². The number of rotatable bonds is 3. The van der Waals surface area contributed by atoms with Gasteiger partial charge >= 0.3 is 0 Å². The molecule has 1 aromatic heterocycles. The van der Waals surface area contributed by atoms with Crippen LogP contribution in [0.4, 0.5) is 0 Å². The molecule has 110 valence electrons. The molecular formula is C17H14ClN3O. The standard InChI is InChI=1S/C17H14ClN3O/c1-11-16(21-15-5-3-2-4-14(15)20-11)17(22)19-10-12-6-8-13(18)9-7-12/h2-9H,10H2,1H3,(H,19,22). The Morgan fingerprint density at radius 3 is 2.36 bits per heavy atom. The van der Waals surface area contributed by atoms with Gasteiger partial charge < -0.3 is 5.32 Å². The van der Waals surface area contributed by atoms with Crippen molar-refractivity contribution in [3.63, 3.8) is 0 Å². The van der Waals surface area contributed by atoms with Gasteiger partial charge in [0.2, 0.25) is 0 Å². The number of nitrogens with one attached hydrogen (secondary N) is 1. The zero-order chi connectivity index (χ0) is 15.5. The van der Waals surface area contributed by atoms with Crippen LogP contribution in [0.15, 0.2) is 48.5 Å². The fourth-order valence-electron chi connectivity index (χ4n) is 2.17. The number of nitrogens with zero attached hydrogens (tertiary/aromatic N) is 2. The first-order valence-corrected chi connectivity index (χ1v) is 7.27. The number of aromatic nitrogens is 2. The van der Waals surface area contributed by atoms with Crippen LogP contribution in [0.1, 0.15) is 21.7 Å². The van der Waals surface area contributed by atoms with E-state index in [0.717, 1.165) is 11.1 Å². The smallest absolute Gasteiger partial charge is 0.272 e. The quantitative estimate of drug-likeness (QED) is 0.805. The Morgan fingerprint density at radius 1 is 1.05 bits per heavy atom. The van der Waals surface area contributed by atoms with E-state index in [1.54, 1.807) is 19.1 Å². The molecule has 0 aliphatic heterocycles. The minimum atomic E-state index is -0.231. The molecule has 0 unspecified atom stereocenters. The summed E-state index contributed by atoms with van der Waals surface area (Å²) in [6.07, 6.45) is 0. The SMILES string of the molecule is Cc1nc2ccccc2nc1C(=O)NCc1ccc(Cl)cc1. The van der Waals surface area contributed by atoms with E-state index < -0.39 is 0 Å². The third-order valence-electron chi connectivity index (χ3n) is 3.33. The van der Waals surface area contributed by atoms with E-state index in [4.69, 9.17) is 11.6 Å². The fourth-order valence-corrected chi connectivity index (χ4v) is 2.30. The molecule has 0 saturated heterocycles. The molecule has 0 aliphatic rings. The van der Waals surface area contributed by atoms with Crippen molar-refractivity contribution in [1.82, 2.24) is 15.3 Å². The molecule has 0 aliphatic carbocycles. The summed E-state index contributed by atoms with van der Waals surface area (Å²) in [5.41, 5.74) is 3.45. The molecule has 0 fully saturated rings. The molecule has 0 atom stereocenters. The molecule has 5 heteroatoms. The van der Waals surface area contributed by atoms with Crippen molar-refractivity contribution in [2.45, 2.75) is 13.5 Å². The number of fused-ring (bicyclic) bond motifs is 1. The predicted octanol–water partition coefficient (Wildman–Crippen LogP) is 3.52. The number of para-hydroxylation sites is 2. The van der Waals surface area contributed by atoms with Gasteiger partial charge in [0.25, 0.3) is 5.91 Å². The Bertz CT molecular complexity index is 831. The summed E-state index contributed by atoms with van der Waals surface area (Å²) in [6.45, 7) is 2.21. The molecule has 0 bridgehead atoms. The summed E-state index contributed by atoms with van der Waals surface area (Å²) in [4.78, 5) is 21.1. The van der Waals surface area contributed by atoms with Crippen molar-refractivity contribution in [1.29, 1.82) is 0 Å². The zero-order valence-electron chi connectivity index (χ0n) is 12.0. The lowest BCUT2D eigenvalue weighted by molar-refractivity contribution is 0.0945. The minimum Gasteiger partial charge on any atom is -0.347 e. The largest absolute Gasteiger partial charge is 0.347 e. The van der Waals surface area contributed by atoms with Crippen LogP contribution in [-0.4, -0.2) is 15.9 Å². The average molecular weight is 312 g/mol. The van der Waals surface area contributed by atoms with Gasteiger partial charge in [0.15, 0.2) is 0 Å². The van der Waals surface area contributed by atoms with E-state index in [-0.39, 0.29) is 5.91 Å². The normalized spacial score (nSPS) is 10.6. The molecule has 0 radical (unpaired) electrons. The third kappa shape index (κ3) is 3.07. The number of carbonyl (C=O) groups excluding carboxylic acids is 1. The van der Waals surface area contributed by atoms with E-state index in [1.165, 1.54) is 0 Å². The van der Waals surface area contributed by atoms with Crippen LogP contribution in [0.3, 0.4) is 0 Å². The Balaban J connectivity index is 1.79. The fraction of sp³-hybridized carbons (Fsp3) is 0.118. The van der Waals surface area contributed by atoms with E-state index in [2.05, 4.69) is 15.3 Å². The summed E-state index contributed by atoms with van der Waals surface area (Å²) in [5, 5.41) is 3.53. The van der Waals surface area contributed by atoms with Gasteiger partial charge in [-0.05, 0) is 36.8 Å². The Morgan fingerprint density at radius 2 is 1.68 bits per heavy atom. The van der Waals surface area contributed by atoms with Gasteiger partial charge in [0.1, 0.15) is 5.69 Å². The Labute approximate surface area is 133 Å². The first kappa shape index (κ1) is 14.5. The molecule has 3 aromatic rings. The van der Waals surface area contributed by atoms with Crippen molar-refractivity contribution in [3.05, 3.63) is 70.5 Å². The number of hydrogen-bond donors (Lipinski definition) is 1. The number of carbonyl (C=O) groups is 1. The van der Waals surface area contributed by atoms with Gasteiger partial charge in [-0.1, -0.05) is 35.9 Å².